The zero-order chi connectivity index (χ0) is 7.82. The number of nitrogens with one attached hydrogen (secondary N) is 1. The van der Waals surface area contributed by atoms with Gasteiger partial charge in [0.05, 0.1) is 6.54 Å². The molecule has 0 unspecified atom stereocenters. The van der Waals surface area contributed by atoms with E-state index in [1.165, 1.54) is 0 Å². The van der Waals surface area contributed by atoms with Crippen LogP contribution in [0.25, 0.3) is 0 Å². The molecule has 0 aromatic carbocycles. The van der Waals surface area contributed by atoms with E-state index in [1.807, 2.05) is 0 Å². The van der Waals surface area contributed by atoms with Gasteiger partial charge in [0.1, 0.15) is 0 Å². The molecule has 0 aromatic rings. The standard InChI is InChI=1S/C6H12N2O2/c1-7-3-2-4-8-5-6(9)10/h3,8H,2,4-5H2,1H3,(H,9,10)/b7-3+. The summed E-state index contributed by atoms with van der Waals surface area (Å²) in [6.45, 7) is 0.696. The molecule has 10 heavy (non-hydrogen) atoms. The second kappa shape index (κ2) is 6.22. The number of nitrogens with zero attached hydrogens (tertiary/aromatic N) is 1. The number of carboxylic acid groups (broad SMARTS) is 1. The molecule has 0 rings (SSSR count). The van der Waals surface area contributed by atoms with Gasteiger partial charge in [-0.15, -0.1) is 0 Å². The second-order valence-corrected chi connectivity index (χ2v) is 1.80. The molecule has 0 fully saturated rings. The number of carbonyl (C=O) groups is 1. The SMILES string of the molecule is C/N=C/CCNCC(=O)O. The highest BCUT2D eigenvalue weighted by Gasteiger charge is 1.91. The first-order chi connectivity index (χ1) is 4.77. The molecule has 58 valence electrons. The largest absolute Gasteiger partial charge is 0.480 e. The molecule has 0 saturated carbocycles. The monoisotopic (exact) mass is 144 g/mol. The second-order valence-electron chi connectivity index (χ2n) is 1.80. The molecule has 4 heteroatoms. The molecule has 4 nitrogen and oxygen atoms in total. The molecule has 0 saturated heterocycles. The summed E-state index contributed by atoms with van der Waals surface area (Å²) in [6.07, 6.45) is 2.53. The summed E-state index contributed by atoms with van der Waals surface area (Å²) >= 11 is 0. The first-order valence-electron chi connectivity index (χ1n) is 3.10. The lowest BCUT2D eigenvalue weighted by atomic mass is 10.4. The molecule has 0 amide bonds. The topological polar surface area (TPSA) is 61.7 Å². The predicted molar refractivity (Wildman–Crippen MR) is 39.5 cm³/mol. The van der Waals surface area contributed by atoms with Gasteiger partial charge in [0.25, 0.3) is 0 Å². The van der Waals surface area contributed by atoms with Crippen LogP contribution < -0.4 is 5.32 Å². The van der Waals surface area contributed by atoms with Crippen LogP contribution in [-0.2, 0) is 4.79 Å². The van der Waals surface area contributed by atoms with E-state index in [9.17, 15) is 4.79 Å². The van der Waals surface area contributed by atoms with Gasteiger partial charge in [-0.1, -0.05) is 0 Å². The number of rotatable bonds is 5. The van der Waals surface area contributed by atoms with Crippen molar-refractivity contribution in [2.24, 2.45) is 4.99 Å². The summed E-state index contributed by atoms with van der Waals surface area (Å²) < 4.78 is 0. The lowest BCUT2D eigenvalue weighted by molar-refractivity contribution is -0.135. The van der Waals surface area contributed by atoms with E-state index in [2.05, 4.69) is 10.3 Å². The van der Waals surface area contributed by atoms with Crippen molar-refractivity contribution in [1.29, 1.82) is 0 Å². The van der Waals surface area contributed by atoms with Gasteiger partial charge in [0.15, 0.2) is 0 Å². The van der Waals surface area contributed by atoms with Crippen molar-refractivity contribution in [1.82, 2.24) is 5.32 Å². The van der Waals surface area contributed by atoms with Crippen molar-refractivity contribution in [3.8, 4) is 0 Å². The third-order valence-corrected chi connectivity index (χ3v) is 0.909. The predicted octanol–water partition coefficient (Wildman–Crippen LogP) is -0.249. The summed E-state index contributed by atoms with van der Waals surface area (Å²) in [5.74, 6) is -0.826. The Balaban J connectivity index is 2.98. The van der Waals surface area contributed by atoms with E-state index in [0.717, 1.165) is 6.42 Å². The van der Waals surface area contributed by atoms with E-state index in [0.29, 0.717) is 6.54 Å². The number of carboxylic acids is 1. The van der Waals surface area contributed by atoms with Crippen LogP contribution >= 0.6 is 0 Å². The van der Waals surface area contributed by atoms with Crippen molar-refractivity contribution in [2.45, 2.75) is 6.42 Å². The number of aliphatic imine (C=N–C) groups is 1. The Labute approximate surface area is 60.0 Å². The van der Waals surface area contributed by atoms with E-state index in [1.54, 1.807) is 13.3 Å². The summed E-state index contributed by atoms with van der Waals surface area (Å²) in [5, 5.41) is 10.9. The minimum atomic E-state index is -0.826. The third-order valence-electron chi connectivity index (χ3n) is 0.909. The van der Waals surface area contributed by atoms with Crippen LogP contribution in [-0.4, -0.2) is 37.4 Å². The average Bonchev–Trinajstić information content (AvgIpc) is 1.87. The lowest BCUT2D eigenvalue weighted by Gasteiger charge is -1.95. The van der Waals surface area contributed by atoms with Crippen LogP contribution in [0.15, 0.2) is 4.99 Å². The molecule has 0 bridgehead atoms. The zero-order valence-corrected chi connectivity index (χ0v) is 6.00. The Hall–Kier alpha value is -0.900. The number of aliphatic carboxylic acids is 1. The minimum absolute atomic E-state index is 0.0254. The van der Waals surface area contributed by atoms with Gasteiger partial charge in [0, 0.05) is 13.6 Å². The van der Waals surface area contributed by atoms with Gasteiger partial charge in [0.2, 0.25) is 0 Å². The molecule has 0 heterocycles. The van der Waals surface area contributed by atoms with Gasteiger partial charge < -0.3 is 15.4 Å². The van der Waals surface area contributed by atoms with Crippen molar-refractivity contribution in [3.63, 3.8) is 0 Å². The summed E-state index contributed by atoms with van der Waals surface area (Å²) in [7, 11) is 1.69. The van der Waals surface area contributed by atoms with Crippen LogP contribution in [0, 0.1) is 0 Å². The molecule has 0 atom stereocenters. The Kier molecular flexibility index (Phi) is 5.66. The van der Waals surface area contributed by atoms with E-state index in [4.69, 9.17) is 5.11 Å². The summed E-state index contributed by atoms with van der Waals surface area (Å²) in [4.78, 5) is 13.7. The fourth-order valence-corrected chi connectivity index (χ4v) is 0.491. The Morgan fingerprint density at radius 2 is 2.50 bits per heavy atom. The van der Waals surface area contributed by atoms with Gasteiger partial charge in [-0.3, -0.25) is 4.79 Å². The molecule has 0 spiro atoms. The first-order valence-corrected chi connectivity index (χ1v) is 3.10. The molecular weight excluding hydrogens is 132 g/mol. The maximum atomic E-state index is 9.94. The van der Waals surface area contributed by atoms with Crippen molar-refractivity contribution >= 4 is 12.2 Å². The fourth-order valence-electron chi connectivity index (χ4n) is 0.491. The quantitative estimate of drug-likeness (QED) is 0.413. The van der Waals surface area contributed by atoms with Gasteiger partial charge in [-0.2, -0.15) is 0 Å². The van der Waals surface area contributed by atoms with Crippen LogP contribution in [0.4, 0.5) is 0 Å². The van der Waals surface area contributed by atoms with Crippen LogP contribution in [0.1, 0.15) is 6.42 Å². The Morgan fingerprint density at radius 1 is 1.80 bits per heavy atom. The van der Waals surface area contributed by atoms with Gasteiger partial charge >= 0.3 is 5.97 Å². The van der Waals surface area contributed by atoms with Crippen molar-refractivity contribution in [3.05, 3.63) is 0 Å². The van der Waals surface area contributed by atoms with E-state index in [-0.39, 0.29) is 6.54 Å². The highest BCUT2D eigenvalue weighted by molar-refractivity contribution is 5.69. The maximum Gasteiger partial charge on any atom is 0.317 e. The highest BCUT2D eigenvalue weighted by Crippen LogP contribution is 1.69. The van der Waals surface area contributed by atoms with Gasteiger partial charge in [-0.25, -0.2) is 0 Å². The molecule has 0 aromatic heterocycles. The van der Waals surface area contributed by atoms with Crippen LogP contribution in [0.3, 0.4) is 0 Å². The third kappa shape index (κ3) is 7.10. The normalized spacial score (nSPS) is 10.5. The van der Waals surface area contributed by atoms with Gasteiger partial charge in [-0.05, 0) is 12.6 Å². The molecule has 0 aliphatic rings. The minimum Gasteiger partial charge on any atom is -0.480 e. The average molecular weight is 144 g/mol. The summed E-state index contributed by atoms with van der Waals surface area (Å²) in [6, 6.07) is 0. The maximum absolute atomic E-state index is 9.94. The molecule has 0 aliphatic carbocycles. The molecule has 2 N–H and O–H groups in total. The van der Waals surface area contributed by atoms with Crippen molar-refractivity contribution < 1.29 is 9.90 Å². The molecular formula is C6H12N2O2. The van der Waals surface area contributed by atoms with Crippen molar-refractivity contribution in [2.75, 3.05) is 20.1 Å². The Bertz CT molecular complexity index is 123. The molecule has 0 aliphatic heterocycles. The number of hydrogen-bond acceptors (Lipinski definition) is 3. The van der Waals surface area contributed by atoms with Crippen LogP contribution in [0.5, 0.6) is 0 Å². The van der Waals surface area contributed by atoms with Crippen LogP contribution in [0.2, 0.25) is 0 Å². The zero-order valence-electron chi connectivity index (χ0n) is 6.00. The first kappa shape index (κ1) is 9.10. The van der Waals surface area contributed by atoms with E-state index < -0.39 is 5.97 Å². The highest BCUT2D eigenvalue weighted by atomic mass is 16.4. The number of hydrogen-bond donors (Lipinski definition) is 2. The molecule has 0 radical (unpaired) electrons. The fraction of sp³-hybridized carbons (Fsp3) is 0.667. The lowest BCUT2D eigenvalue weighted by Crippen LogP contribution is -2.23. The smallest absolute Gasteiger partial charge is 0.317 e. The Morgan fingerprint density at radius 3 is 3.00 bits per heavy atom. The van der Waals surface area contributed by atoms with E-state index >= 15 is 0 Å². The summed E-state index contributed by atoms with van der Waals surface area (Å²) in [5.41, 5.74) is 0.